The Labute approximate surface area is 111 Å². The van der Waals surface area contributed by atoms with Crippen molar-refractivity contribution in [1.82, 2.24) is 5.48 Å². The molecule has 0 aliphatic carbocycles. The number of hydrogen-bond donors (Lipinski definition) is 2. The first kappa shape index (κ1) is 14.5. The molecule has 0 radical (unpaired) electrons. The van der Waals surface area contributed by atoms with Gasteiger partial charge in [0.1, 0.15) is 5.75 Å². The lowest BCUT2D eigenvalue weighted by molar-refractivity contribution is -0.00103. The van der Waals surface area contributed by atoms with Crippen molar-refractivity contribution < 1.29 is 9.94 Å². The van der Waals surface area contributed by atoms with Crippen LogP contribution in [0.1, 0.15) is 38.8 Å². The Bertz CT molecular complexity index is 355. The molecule has 0 heterocycles. The molecule has 1 aromatic carbocycles. The summed E-state index contributed by atoms with van der Waals surface area (Å²) < 4.78 is 0.953. The predicted molar refractivity (Wildman–Crippen MR) is 72.8 cm³/mol. The van der Waals surface area contributed by atoms with E-state index < -0.39 is 0 Å². The quantitative estimate of drug-likeness (QED) is 0.786. The van der Waals surface area contributed by atoms with Crippen LogP contribution in [0, 0.1) is 5.92 Å². The Balaban J connectivity index is 2.68. The van der Waals surface area contributed by atoms with E-state index in [0.717, 1.165) is 16.5 Å². The molecule has 0 amide bonds. The minimum absolute atomic E-state index is 0.00579. The van der Waals surface area contributed by atoms with Crippen LogP contribution < -0.4 is 5.48 Å². The largest absolute Gasteiger partial charge is 0.508 e. The maximum Gasteiger partial charge on any atom is 0.120 e. The molecule has 96 valence electrons. The number of hydroxylamine groups is 1. The number of halogens is 1. The maximum atomic E-state index is 9.83. The molecular formula is C13H20BrNO2. The third-order valence-electron chi connectivity index (χ3n) is 2.42. The summed E-state index contributed by atoms with van der Waals surface area (Å²) >= 11 is 3.41. The highest BCUT2D eigenvalue weighted by molar-refractivity contribution is 9.10. The second kappa shape index (κ2) is 6.99. The zero-order chi connectivity index (χ0) is 12.8. The highest BCUT2D eigenvalue weighted by Crippen LogP contribution is 2.29. The van der Waals surface area contributed by atoms with Gasteiger partial charge in [0.15, 0.2) is 0 Å². The fourth-order valence-corrected chi connectivity index (χ4v) is 1.87. The van der Waals surface area contributed by atoms with Gasteiger partial charge >= 0.3 is 0 Å². The van der Waals surface area contributed by atoms with Gasteiger partial charge in [0.25, 0.3) is 0 Å². The molecule has 0 saturated carbocycles. The smallest absolute Gasteiger partial charge is 0.120 e. The molecule has 1 rings (SSSR count). The van der Waals surface area contributed by atoms with E-state index in [1.165, 1.54) is 0 Å². The number of hydrogen-bond acceptors (Lipinski definition) is 3. The number of phenols is 1. The van der Waals surface area contributed by atoms with Crippen molar-refractivity contribution in [2.24, 2.45) is 5.92 Å². The van der Waals surface area contributed by atoms with Gasteiger partial charge in [0, 0.05) is 10.0 Å². The van der Waals surface area contributed by atoms with Crippen molar-refractivity contribution in [2.45, 2.75) is 33.2 Å². The average Bonchev–Trinajstić information content (AvgIpc) is 2.28. The van der Waals surface area contributed by atoms with Crippen LogP contribution in [-0.4, -0.2) is 11.7 Å². The molecule has 0 bridgehead atoms. The summed E-state index contributed by atoms with van der Waals surface area (Å²) in [6.45, 7) is 6.90. The Hall–Kier alpha value is -0.580. The highest BCUT2D eigenvalue weighted by Gasteiger charge is 2.14. The van der Waals surface area contributed by atoms with E-state index in [1.54, 1.807) is 6.07 Å². The minimum atomic E-state index is 0.00579. The summed E-state index contributed by atoms with van der Waals surface area (Å²) in [4.78, 5) is 5.42. The van der Waals surface area contributed by atoms with E-state index in [2.05, 4.69) is 42.2 Å². The van der Waals surface area contributed by atoms with Crippen LogP contribution in [0.5, 0.6) is 5.75 Å². The van der Waals surface area contributed by atoms with Crippen molar-refractivity contribution in [3.8, 4) is 5.75 Å². The van der Waals surface area contributed by atoms with Gasteiger partial charge in [-0.2, -0.15) is 5.48 Å². The van der Waals surface area contributed by atoms with E-state index >= 15 is 0 Å². The summed E-state index contributed by atoms with van der Waals surface area (Å²) in [5.74, 6) is 0.775. The van der Waals surface area contributed by atoms with Crippen LogP contribution in [0.25, 0.3) is 0 Å². The molecule has 2 N–H and O–H groups in total. The van der Waals surface area contributed by atoms with E-state index in [4.69, 9.17) is 4.84 Å². The molecular weight excluding hydrogens is 282 g/mol. The van der Waals surface area contributed by atoms with Gasteiger partial charge in [-0.1, -0.05) is 36.7 Å². The fraction of sp³-hybridized carbons (Fsp3) is 0.538. The van der Waals surface area contributed by atoms with Gasteiger partial charge in [-0.3, -0.25) is 0 Å². The summed E-state index contributed by atoms with van der Waals surface area (Å²) in [6, 6.07) is 5.42. The Morgan fingerprint density at radius 2 is 2.12 bits per heavy atom. The molecule has 3 nitrogen and oxygen atoms in total. The highest BCUT2D eigenvalue weighted by atomic mass is 79.9. The van der Waals surface area contributed by atoms with E-state index in [9.17, 15) is 5.11 Å². The lowest BCUT2D eigenvalue weighted by Gasteiger charge is -2.19. The number of nitrogens with one attached hydrogen (secondary N) is 1. The zero-order valence-corrected chi connectivity index (χ0v) is 12.1. The lowest BCUT2D eigenvalue weighted by atomic mass is 10.0. The molecule has 0 aliphatic rings. The summed E-state index contributed by atoms with van der Waals surface area (Å²) in [6.07, 6.45) is 0.849. The molecule has 17 heavy (non-hydrogen) atoms. The Kier molecular flexibility index (Phi) is 5.95. The van der Waals surface area contributed by atoms with Gasteiger partial charge in [-0.15, -0.1) is 0 Å². The van der Waals surface area contributed by atoms with Crippen LogP contribution in [0.3, 0.4) is 0 Å². The first-order chi connectivity index (χ1) is 8.04. The first-order valence-corrected chi connectivity index (χ1v) is 6.69. The normalized spacial score (nSPS) is 13.0. The predicted octanol–water partition coefficient (Wildman–Crippen LogP) is 3.78. The monoisotopic (exact) mass is 301 g/mol. The number of aromatic hydroxyl groups is 1. The first-order valence-electron chi connectivity index (χ1n) is 5.90. The van der Waals surface area contributed by atoms with E-state index in [-0.39, 0.29) is 6.04 Å². The molecule has 0 aromatic heterocycles. The fourth-order valence-electron chi connectivity index (χ4n) is 1.49. The SMILES string of the molecule is CCC(NOCC(C)C)c1cc(Br)ccc1O. The third kappa shape index (κ3) is 4.66. The number of benzene rings is 1. The van der Waals surface area contributed by atoms with Crippen LogP contribution in [0.4, 0.5) is 0 Å². The van der Waals surface area contributed by atoms with Crippen molar-refractivity contribution in [2.75, 3.05) is 6.61 Å². The van der Waals surface area contributed by atoms with Crippen molar-refractivity contribution in [3.05, 3.63) is 28.2 Å². The Morgan fingerprint density at radius 1 is 1.41 bits per heavy atom. The second-order valence-corrected chi connectivity index (χ2v) is 5.40. The van der Waals surface area contributed by atoms with Crippen LogP contribution in [-0.2, 0) is 4.84 Å². The van der Waals surface area contributed by atoms with Crippen molar-refractivity contribution in [1.29, 1.82) is 0 Å². The standard InChI is InChI=1S/C13H20BrNO2/c1-4-12(15-17-8-9(2)3)11-7-10(14)5-6-13(11)16/h5-7,9,12,15-16H,4,8H2,1-3H3. The molecule has 0 aliphatic heterocycles. The summed E-state index contributed by atoms with van der Waals surface area (Å²) in [5, 5.41) is 9.83. The summed E-state index contributed by atoms with van der Waals surface area (Å²) in [5.41, 5.74) is 3.86. The van der Waals surface area contributed by atoms with Crippen LogP contribution >= 0.6 is 15.9 Å². The van der Waals surface area contributed by atoms with Gasteiger partial charge in [0.2, 0.25) is 0 Å². The van der Waals surface area contributed by atoms with Crippen LogP contribution in [0.15, 0.2) is 22.7 Å². The van der Waals surface area contributed by atoms with Gasteiger partial charge < -0.3 is 9.94 Å². The average molecular weight is 302 g/mol. The molecule has 0 fully saturated rings. The molecule has 0 spiro atoms. The molecule has 4 heteroatoms. The topological polar surface area (TPSA) is 41.5 Å². The minimum Gasteiger partial charge on any atom is -0.508 e. The van der Waals surface area contributed by atoms with Gasteiger partial charge in [0.05, 0.1) is 12.6 Å². The van der Waals surface area contributed by atoms with Gasteiger partial charge in [-0.05, 0) is 30.5 Å². The van der Waals surface area contributed by atoms with Crippen LogP contribution in [0.2, 0.25) is 0 Å². The third-order valence-corrected chi connectivity index (χ3v) is 2.91. The molecule has 1 atom stereocenters. The second-order valence-electron chi connectivity index (χ2n) is 4.49. The summed E-state index contributed by atoms with van der Waals surface area (Å²) in [7, 11) is 0. The lowest BCUT2D eigenvalue weighted by Crippen LogP contribution is -2.23. The zero-order valence-electron chi connectivity index (χ0n) is 10.5. The van der Waals surface area contributed by atoms with E-state index in [0.29, 0.717) is 18.3 Å². The molecule has 0 saturated heterocycles. The number of phenolic OH excluding ortho intramolecular Hbond substituents is 1. The maximum absolute atomic E-state index is 9.83. The number of rotatable bonds is 6. The van der Waals surface area contributed by atoms with Crippen molar-refractivity contribution >= 4 is 15.9 Å². The van der Waals surface area contributed by atoms with Gasteiger partial charge in [-0.25, -0.2) is 0 Å². The molecule has 1 unspecified atom stereocenters. The molecule has 1 aromatic rings. The Morgan fingerprint density at radius 3 is 2.71 bits per heavy atom. The van der Waals surface area contributed by atoms with E-state index in [1.807, 2.05) is 12.1 Å². The van der Waals surface area contributed by atoms with Crippen molar-refractivity contribution in [3.63, 3.8) is 0 Å².